The summed E-state index contributed by atoms with van der Waals surface area (Å²) in [7, 11) is 0. The molecule has 0 bridgehead atoms. The van der Waals surface area contributed by atoms with Crippen LogP contribution < -0.4 is 5.32 Å². The van der Waals surface area contributed by atoms with E-state index in [1.807, 2.05) is 12.3 Å². The van der Waals surface area contributed by atoms with E-state index in [2.05, 4.69) is 5.32 Å². The van der Waals surface area contributed by atoms with Crippen LogP contribution in [-0.2, 0) is 9.59 Å². The number of amides is 3. The largest absolute Gasteiger partial charge is 0.340 e. The SMILES string of the molecule is CSCCC(NC(=O)c1ccccc1)C(=O)N1CCN(C(C)=O)CC1. The number of piperazine rings is 1. The molecule has 1 heterocycles. The molecule has 1 fully saturated rings. The molecule has 0 saturated carbocycles. The summed E-state index contributed by atoms with van der Waals surface area (Å²) in [6, 6.07) is 8.38. The minimum atomic E-state index is -0.538. The second kappa shape index (κ2) is 9.46. The molecule has 1 aromatic rings. The van der Waals surface area contributed by atoms with E-state index in [-0.39, 0.29) is 17.7 Å². The van der Waals surface area contributed by atoms with Gasteiger partial charge in [-0.25, -0.2) is 0 Å². The monoisotopic (exact) mass is 363 g/mol. The first-order valence-electron chi connectivity index (χ1n) is 8.42. The Bertz CT molecular complexity index is 601. The molecule has 3 amide bonds. The summed E-state index contributed by atoms with van der Waals surface area (Å²) >= 11 is 1.65. The first-order valence-corrected chi connectivity index (χ1v) is 9.81. The average molecular weight is 363 g/mol. The van der Waals surface area contributed by atoms with Gasteiger partial charge in [-0.1, -0.05) is 18.2 Å². The van der Waals surface area contributed by atoms with Crippen LogP contribution in [-0.4, -0.2) is 71.8 Å². The third-order valence-electron chi connectivity index (χ3n) is 4.29. The van der Waals surface area contributed by atoms with Gasteiger partial charge in [0.15, 0.2) is 0 Å². The van der Waals surface area contributed by atoms with Gasteiger partial charge >= 0.3 is 0 Å². The molecule has 1 atom stereocenters. The molecule has 1 aliphatic heterocycles. The highest BCUT2D eigenvalue weighted by molar-refractivity contribution is 7.98. The van der Waals surface area contributed by atoms with Crippen molar-refractivity contribution in [3.8, 4) is 0 Å². The highest BCUT2D eigenvalue weighted by Gasteiger charge is 2.29. The zero-order valence-corrected chi connectivity index (χ0v) is 15.6. The summed E-state index contributed by atoms with van der Waals surface area (Å²) in [6.07, 6.45) is 2.57. The number of thioether (sulfide) groups is 1. The van der Waals surface area contributed by atoms with Crippen molar-refractivity contribution in [3.63, 3.8) is 0 Å². The van der Waals surface area contributed by atoms with Crippen LogP contribution in [0.3, 0.4) is 0 Å². The zero-order chi connectivity index (χ0) is 18.2. The fourth-order valence-electron chi connectivity index (χ4n) is 2.79. The fraction of sp³-hybridized carbons (Fsp3) is 0.500. The molecule has 1 N–H and O–H groups in total. The second-order valence-electron chi connectivity index (χ2n) is 6.00. The maximum Gasteiger partial charge on any atom is 0.251 e. The Morgan fingerprint density at radius 2 is 1.68 bits per heavy atom. The van der Waals surface area contributed by atoms with E-state index in [4.69, 9.17) is 0 Å². The Morgan fingerprint density at radius 3 is 2.24 bits per heavy atom. The van der Waals surface area contributed by atoms with Crippen molar-refractivity contribution in [2.24, 2.45) is 0 Å². The van der Waals surface area contributed by atoms with E-state index in [1.54, 1.807) is 52.8 Å². The number of nitrogens with zero attached hydrogens (tertiary/aromatic N) is 2. The number of carbonyl (C=O) groups is 3. The molecule has 0 aromatic heterocycles. The lowest BCUT2D eigenvalue weighted by atomic mass is 10.1. The molecule has 1 aromatic carbocycles. The Balaban J connectivity index is 2.00. The quantitative estimate of drug-likeness (QED) is 0.825. The number of benzene rings is 1. The second-order valence-corrected chi connectivity index (χ2v) is 6.99. The highest BCUT2D eigenvalue weighted by atomic mass is 32.2. The van der Waals surface area contributed by atoms with Crippen LogP contribution >= 0.6 is 11.8 Å². The van der Waals surface area contributed by atoms with E-state index >= 15 is 0 Å². The predicted molar refractivity (Wildman–Crippen MR) is 99.5 cm³/mol. The number of carbonyl (C=O) groups excluding carboxylic acids is 3. The van der Waals surface area contributed by atoms with Gasteiger partial charge in [0.1, 0.15) is 6.04 Å². The Morgan fingerprint density at radius 1 is 1.08 bits per heavy atom. The molecule has 0 radical (unpaired) electrons. The third-order valence-corrected chi connectivity index (χ3v) is 4.93. The summed E-state index contributed by atoms with van der Waals surface area (Å²) in [4.78, 5) is 40.2. The fourth-order valence-corrected chi connectivity index (χ4v) is 3.26. The van der Waals surface area contributed by atoms with Crippen LogP contribution in [0.2, 0.25) is 0 Å². The molecule has 1 unspecified atom stereocenters. The number of rotatable bonds is 6. The summed E-state index contributed by atoms with van der Waals surface area (Å²) < 4.78 is 0. The van der Waals surface area contributed by atoms with Gasteiger partial charge in [0.2, 0.25) is 11.8 Å². The van der Waals surface area contributed by atoms with Gasteiger partial charge < -0.3 is 15.1 Å². The van der Waals surface area contributed by atoms with Gasteiger partial charge in [0, 0.05) is 38.7 Å². The Labute approximate surface area is 152 Å². The minimum absolute atomic E-state index is 0.0309. The van der Waals surface area contributed by atoms with Crippen molar-refractivity contribution in [1.82, 2.24) is 15.1 Å². The average Bonchev–Trinajstić information content (AvgIpc) is 2.65. The lowest BCUT2D eigenvalue weighted by Gasteiger charge is -2.36. The van der Waals surface area contributed by atoms with Crippen LogP contribution in [0, 0.1) is 0 Å². The standard InChI is InChI=1S/C18H25N3O3S/c1-14(22)20-9-11-21(12-10-20)18(24)16(8-13-25-2)19-17(23)15-6-4-3-5-7-15/h3-7,16H,8-13H2,1-2H3,(H,19,23). The molecule has 1 saturated heterocycles. The van der Waals surface area contributed by atoms with E-state index in [0.717, 1.165) is 5.75 Å². The zero-order valence-electron chi connectivity index (χ0n) is 14.7. The van der Waals surface area contributed by atoms with Crippen molar-refractivity contribution in [3.05, 3.63) is 35.9 Å². The molecular weight excluding hydrogens is 338 g/mol. The summed E-state index contributed by atoms with van der Waals surface area (Å²) in [6.45, 7) is 3.65. The van der Waals surface area contributed by atoms with E-state index in [0.29, 0.717) is 38.2 Å². The number of hydrogen-bond donors (Lipinski definition) is 1. The number of hydrogen-bond acceptors (Lipinski definition) is 4. The van der Waals surface area contributed by atoms with Crippen LogP contribution in [0.1, 0.15) is 23.7 Å². The van der Waals surface area contributed by atoms with Crippen molar-refractivity contribution in [2.75, 3.05) is 38.2 Å². The van der Waals surface area contributed by atoms with Crippen molar-refractivity contribution in [1.29, 1.82) is 0 Å². The number of nitrogens with one attached hydrogen (secondary N) is 1. The molecule has 6 nitrogen and oxygen atoms in total. The minimum Gasteiger partial charge on any atom is -0.340 e. The first kappa shape index (κ1) is 19.3. The maximum absolute atomic E-state index is 12.8. The van der Waals surface area contributed by atoms with E-state index in [9.17, 15) is 14.4 Å². The van der Waals surface area contributed by atoms with Crippen LogP contribution in [0.4, 0.5) is 0 Å². The van der Waals surface area contributed by atoms with Crippen molar-refractivity contribution in [2.45, 2.75) is 19.4 Å². The van der Waals surface area contributed by atoms with Crippen LogP contribution in [0.5, 0.6) is 0 Å². The van der Waals surface area contributed by atoms with E-state index in [1.165, 1.54) is 0 Å². The highest BCUT2D eigenvalue weighted by Crippen LogP contribution is 2.10. The van der Waals surface area contributed by atoms with Crippen molar-refractivity contribution < 1.29 is 14.4 Å². The predicted octanol–water partition coefficient (Wildman–Crippen LogP) is 1.23. The van der Waals surface area contributed by atoms with Gasteiger partial charge in [-0.05, 0) is 30.6 Å². The summed E-state index contributed by atoms with van der Waals surface area (Å²) in [5.74, 6) is 0.520. The molecule has 1 aliphatic rings. The van der Waals surface area contributed by atoms with Crippen molar-refractivity contribution >= 4 is 29.5 Å². The molecule has 0 spiro atoms. The molecule has 0 aliphatic carbocycles. The molecule has 7 heteroatoms. The Kier molecular flexibility index (Phi) is 7.31. The molecular formula is C18H25N3O3S. The van der Waals surface area contributed by atoms with Gasteiger partial charge in [0.25, 0.3) is 5.91 Å². The lowest BCUT2D eigenvalue weighted by Crippen LogP contribution is -2.55. The molecule has 25 heavy (non-hydrogen) atoms. The van der Waals surface area contributed by atoms with Gasteiger partial charge in [-0.3, -0.25) is 14.4 Å². The first-order chi connectivity index (χ1) is 12.0. The summed E-state index contributed by atoms with van der Waals surface area (Å²) in [5, 5.41) is 2.88. The van der Waals surface area contributed by atoms with Crippen LogP contribution in [0.15, 0.2) is 30.3 Å². The lowest BCUT2D eigenvalue weighted by molar-refractivity contribution is -0.139. The Hall–Kier alpha value is -2.02. The van der Waals surface area contributed by atoms with Gasteiger partial charge in [0.05, 0.1) is 0 Å². The molecule has 2 rings (SSSR count). The smallest absolute Gasteiger partial charge is 0.251 e. The summed E-state index contributed by atoms with van der Waals surface area (Å²) in [5.41, 5.74) is 0.547. The third kappa shape index (κ3) is 5.49. The normalized spacial score (nSPS) is 15.6. The van der Waals surface area contributed by atoms with Gasteiger partial charge in [-0.2, -0.15) is 11.8 Å². The van der Waals surface area contributed by atoms with Crippen LogP contribution in [0.25, 0.3) is 0 Å². The van der Waals surface area contributed by atoms with E-state index < -0.39 is 6.04 Å². The topological polar surface area (TPSA) is 69.7 Å². The maximum atomic E-state index is 12.8. The van der Waals surface area contributed by atoms with Gasteiger partial charge in [-0.15, -0.1) is 0 Å². The molecule has 136 valence electrons.